The predicted molar refractivity (Wildman–Crippen MR) is 134 cm³/mol. The molecule has 0 radical (unpaired) electrons. The number of nitrogens with zero attached hydrogens (tertiary/aromatic N) is 2. The van der Waals surface area contributed by atoms with E-state index in [0.29, 0.717) is 18.1 Å². The molecule has 3 rings (SSSR count). The largest absolute Gasteiger partial charge is 0.416 e. The van der Waals surface area contributed by atoms with E-state index in [9.17, 15) is 13.2 Å². The van der Waals surface area contributed by atoms with E-state index in [0.717, 1.165) is 45.0 Å². The molecule has 178 valence electrons. The van der Waals surface area contributed by atoms with Gasteiger partial charge in [0.25, 0.3) is 0 Å². The highest BCUT2D eigenvalue weighted by Gasteiger charge is 2.30. The molecule has 2 aromatic rings. The van der Waals surface area contributed by atoms with Gasteiger partial charge in [0.2, 0.25) is 0 Å². The molecule has 0 amide bonds. The van der Waals surface area contributed by atoms with Crippen molar-refractivity contribution in [3.05, 3.63) is 70.8 Å². The fourth-order valence-electron chi connectivity index (χ4n) is 3.33. The van der Waals surface area contributed by atoms with Crippen LogP contribution >= 0.6 is 24.0 Å². The molecule has 0 aromatic heterocycles. The van der Waals surface area contributed by atoms with E-state index in [1.165, 1.54) is 17.2 Å². The van der Waals surface area contributed by atoms with Crippen LogP contribution in [-0.2, 0) is 24.0 Å². The molecule has 1 aliphatic rings. The summed E-state index contributed by atoms with van der Waals surface area (Å²) in [6.45, 7) is 5.10. The molecule has 1 aliphatic heterocycles. The quantitative estimate of drug-likeness (QED) is 0.247. The third-order valence-electron chi connectivity index (χ3n) is 5.05. The number of guanidine groups is 1. The number of halogens is 4. The minimum Gasteiger partial charge on any atom is -0.379 e. The number of aliphatic imine (C=N–C) groups is 1. The molecule has 9 heteroatoms. The molecular weight excluding hydrogens is 544 g/mol. The maximum Gasteiger partial charge on any atom is 0.416 e. The predicted octanol–water partition coefficient (Wildman–Crippen LogP) is 3.87. The number of nitrogens with one attached hydrogen (secondary N) is 2. The molecule has 5 nitrogen and oxygen atoms in total. The van der Waals surface area contributed by atoms with Crippen molar-refractivity contribution in [2.24, 2.45) is 4.99 Å². The van der Waals surface area contributed by atoms with Gasteiger partial charge in [0.1, 0.15) is 0 Å². The van der Waals surface area contributed by atoms with Crippen molar-refractivity contribution in [2.75, 3.05) is 39.9 Å². The second kappa shape index (κ2) is 13.4. The Morgan fingerprint density at radius 1 is 1.06 bits per heavy atom. The van der Waals surface area contributed by atoms with Crippen LogP contribution in [0.2, 0.25) is 0 Å². The zero-order valence-electron chi connectivity index (χ0n) is 18.4. The molecule has 0 unspecified atom stereocenters. The molecule has 33 heavy (non-hydrogen) atoms. The van der Waals surface area contributed by atoms with Gasteiger partial charge >= 0.3 is 6.18 Å². The normalized spacial score (nSPS) is 14.6. The van der Waals surface area contributed by atoms with Crippen molar-refractivity contribution in [1.82, 2.24) is 15.5 Å². The number of hydrogen-bond acceptors (Lipinski definition) is 3. The Morgan fingerprint density at radius 3 is 2.48 bits per heavy atom. The lowest BCUT2D eigenvalue weighted by atomic mass is 10.1. The smallest absolute Gasteiger partial charge is 0.379 e. The number of alkyl halides is 3. The maximum atomic E-state index is 12.8. The van der Waals surface area contributed by atoms with Gasteiger partial charge in [-0.25, -0.2) is 0 Å². The fourth-order valence-corrected chi connectivity index (χ4v) is 3.33. The van der Waals surface area contributed by atoms with Gasteiger partial charge in [0.05, 0.1) is 25.3 Å². The fraction of sp³-hybridized carbons (Fsp3) is 0.375. The zero-order valence-corrected chi connectivity index (χ0v) is 20.7. The molecule has 0 atom stereocenters. The first kappa shape index (κ1) is 27.0. The first-order valence-corrected chi connectivity index (χ1v) is 10.4. The maximum absolute atomic E-state index is 12.8. The van der Waals surface area contributed by atoms with Gasteiger partial charge in [0, 0.05) is 38.8 Å². The summed E-state index contributed by atoms with van der Waals surface area (Å²) in [5.74, 6) is 6.17. The van der Waals surface area contributed by atoms with Crippen molar-refractivity contribution >= 4 is 29.9 Å². The lowest BCUT2D eigenvalue weighted by Crippen LogP contribution is -2.38. The van der Waals surface area contributed by atoms with E-state index in [1.807, 2.05) is 12.1 Å². The van der Waals surface area contributed by atoms with E-state index >= 15 is 0 Å². The minimum absolute atomic E-state index is 0. The monoisotopic (exact) mass is 572 g/mol. The first-order chi connectivity index (χ1) is 15.5. The van der Waals surface area contributed by atoms with Gasteiger partial charge in [-0.15, -0.1) is 24.0 Å². The van der Waals surface area contributed by atoms with Crippen LogP contribution in [0, 0.1) is 11.8 Å². The van der Waals surface area contributed by atoms with Gasteiger partial charge in [-0.1, -0.05) is 42.2 Å². The summed E-state index contributed by atoms with van der Waals surface area (Å²) < 4.78 is 43.8. The van der Waals surface area contributed by atoms with Crippen molar-refractivity contribution in [2.45, 2.75) is 19.3 Å². The number of hydrogen-bond donors (Lipinski definition) is 2. The van der Waals surface area contributed by atoms with Gasteiger partial charge in [0.15, 0.2) is 5.96 Å². The molecule has 0 bridgehead atoms. The standard InChI is InChI=1S/C24H27F3N4O.HI/c1-28-23(29-11-5-7-19-6-4-10-22(16-19)24(25,26)27)30-17-20-8-2-3-9-21(20)18-31-12-14-32-15-13-31;/h2-4,6,8-10,16H,11-15,17-18H2,1H3,(H2,28,29,30);1H. The van der Waals surface area contributed by atoms with Crippen LogP contribution in [0.3, 0.4) is 0 Å². The Kier molecular flexibility index (Phi) is 11.0. The van der Waals surface area contributed by atoms with Gasteiger partial charge in [-0.05, 0) is 29.3 Å². The molecule has 0 aliphatic carbocycles. The average molecular weight is 572 g/mol. The van der Waals surface area contributed by atoms with Crippen LogP contribution in [0.4, 0.5) is 13.2 Å². The van der Waals surface area contributed by atoms with E-state index in [1.54, 1.807) is 13.1 Å². The minimum atomic E-state index is -4.38. The number of morpholine rings is 1. The molecular formula is C24H28F3IN4O. The van der Waals surface area contributed by atoms with Crippen LogP contribution in [-0.4, -0.2) is 50.8 Å². The van der Waals surface area contributed by atoms with Gasteiger partial charge in [-0.2, -0.15) is 13.2 Å². The summed E-state index contributed by atoms with van der Waals surface area (Å²) in [5.41, 5.74) is 2.05. The van der Waals surface area contributed by atoms with Crippen molar-refractivity contribution in [3.63, 3.8) is 0 Å². The summed E-state index contributed by atoms with van der Waals surface area (Å²) in [6, 6.07) is 13.3. The van der Waals surface area contributed by atoms with E-state index in [2.05, 4.69) is 44.5 Å². The Labute approximate surface area is 209 Å². The summed E-state index contributed by atoms with van der Waals surface area (Å²) >= 11 is 0. The van der Waals surface area contributed by atoms with Crippen molar-refractivity contribution in [3.8, 4) is 11.8 Å². The summed E-state index contributed by atoms with van der Waals surface area (Å²) in [7, 11) is 1.66. The van der Waals surface area contributed by atoms with Crippen molar-refractivity contribution in [1.29, 1.82) is 0 Å². The Balaban J connectivity index is 0.00000385. The number of rotatable bonds is 5. The number of benzene rings is 2. The molecule has 0 spiro atoms. The van der Waals surface area contributed by atoms with E-state index in [-0.39, 0.29) is 30.5 Å². The third kappa shape index (κ3) is 8.87. The number of ether oxygens (including phenoxy) is 1. The second-order valence-corrected chi connectivity index (χ2v) is 7.32. The second-order valence-electron chi connectivity index (χ2n) is 7.32. The molecule has 1 fully saturated rings. The zero-order chi connectivity index (χ0) is 22.8. The summed E-state index contributed by atoms with van der Waals surface area (Å²) in [6.07, 6.45) is -4.38. The van der Waals surface area contributed by atoms with E-state index in [4.69, 9.17) is 4.74 Å². The lowest BCUT2D eigenvalue weighted by molar-refractivity contribution is -0.137. The highest BCUT2D eigenvalue weighted by molar-refractivity contribution is 14.0. The Bertz CT molecular complexity index is 979. The highest BCUT2D eigenvalue weighted by atomic mass is 127. The topological polar surface area (TPSA) is 48.9 Å². The molecule has 2 N–H and O–H groups in total. The Morgan fingerprint density at radius 2 is 1.79 bits per heavy atom. The summed E-state index contributed by atoms with van der Waals surface area (Å²) in [5, 5.41) is 6.34. The molecule has 1 heterocycles. The SMILES string of the molecule is CN=C(NCC#Cc1cccc(C(F)(F)F)c1)NCc1ccccc1CN1CCOCC1.I. The van der Waals surface area contributed by atoms with Crippen LogP contribution in [0.15, 0.2) is 53.5 Å². The third-order valence-corrected chi connectivity index (χ3v) is 5.05. The van der Waals surface area contributed by atoms with Crippen LogP contribution in [0.25, 0.3) is 0 Å². The summed E-state index contributed by atoms with van der Waals surface area (Å²) in [4.78, 5) is 6.56. The first-order valence-electron chi connectivity index (χ1n) is 10.4. The Hall–Kier alpha value is -2.29. The van der Waals surface area contributed by atoms with Gasteiger partial charge < -0.3 is 15.4 Å². The molecule has 2 aromatic carbocycles. The van der Waals surface area contributed by atoms with Gasteiger partial charge in [-0.3, -0.25) is 9.89 Å². The van der Waals surface area contributed by atoms with E-state index < -0.39 is 11.7 Å². The molecule has 1 saturated heterocycles. The van der Waals surface area contributed by atoms with Crippen LogP contribution < -0.4 is 10.6 Å². The lowest BCUT2D eigenvalue weighted by Gasteiger charge is -2.27. The van der Waals surface area contributed by atoms with Crippen LogP contribution in [0.1, 0.15) is 22.3 Å². The highest BCUT2D eigenvalue weighted by Crippen LogP contribution is 2.29. The average Bonchev–Trinajstić information content (AvgIpc) is 2.80. The van der Waals surface area contributed by atoms with Crippen LogP contribution in [0.5, 0.6) is 0 Å². The van der Waals surface area contributed by atoms with Crippen molar-refractivity contribution < 1.29 is 17.9 Å². The molecule has 0 saturated carbocycles.